The highest BCUT2D eigenvalue weighted by molar-refractivity contribution is 7.11. The van der Waals surface area contributed by atoms with Crippen molar-refractivity contribution in [2.75, 3.05) is 0 Å². The van der Waals surface area contributed by atoms with Crippen molar-refractivity contribution in [1.82, 2.24) is 0 Å². The zero-order valence-corrected chi connectivity index (χ0v) is 8.15. The van der Waals surface area contributed by atoms with Crippen LogP contribution in [-0.4, -0.2) is 12.3 Å². The molecule has 1 aromatic rings. The van der Waals surface area contributed by atoms with E-state index in [0.29, 0.717) is 6.61 Å². The molecule has 1 unspecified atom stereocenters. The van der Waals surface area contributed by atoms with Crippen LogP contribution in [0.15, 0.2) is 12.1 Å². The molecule has 1 N–H and O–H groups in total. The third-order valence-corrected chi connectivity index (χ3v) is 2.49. The molecule has 0 bridgehead atoms. The van der Waals surface area contributed by atoms with Crippen LogP contribution in [-0.2, 0) is 11.3 Å². The molecular weight excluding hydrogens is 170 g/mol. The molecule has 0 spiro atoms. The molecule has 1 heterocycles. The highest BCUT2D eigenvalue weighted by atomic mass is 32.1. The summed E-state index contributed by atoms with van der Waals surface area (Å²) in [6.45, 7) is 4.57. The van der Waals surface area contributed by atoms with Crippen molar-refractivity contribution >= 4 is 17.6 Å². The molecule has 0 radical (unpaired) electrons. The van der Waals surface area contributed by atoms with E-state index in [9.17, 15) is 0 Å². The van der Waals surface area contributed by atoms with Gasteiger partial charge < -0.3 is 10.1 Å². The van der Waals surface area contributed by atoms with Crippen molar-refractivity contribution in [2.45, 2.75) is 26.6 Å². The Morgan fingerprint density at radius 1 is 1.67 bits per heavy atom. The minimum atomic E-state index is -0.0765. The summed E-state index contributed by atoms with van der Waals surface area (Å²) >= 11 is 1.74. The third-order valence-electron chi connectivity index (χ3n) is 1.52. The molecule has 0 aliphatic rings. The maximum absolute atomic E-state index is 6.93. The van der Waals surface area contributed by atoms with Gasteiger partial charge >= 0.3 is 0 Å². The zero-order chi connectivity index (χ0) is 8.97. The van der Waals surface area contributed by atoms with Gasteiger partial charge in [-0.2, -0.15) is 0 Å². The first-order valence-corrected chi connectivity index (χ1v) is 4.71. The summed E-state index contributed by atoms with van der Waals surface area (Å²) in [6.07, 6.45) is 1.23. The number of hydrogen-bond donors (Lipinski definition) is 1. The second-order valence-corrected chi connectivity index (χ2v) is 4.07. The maximum atomic E-state index is 6.93. The fourth-order valence-corrected chi connectivity index (χ4v) is 1.64. The van der Waals surface area contributed by atoms with Crippen molar-refractivity contribution in [2.24, 2.45) is 0 Å². The lowest BCUT2D eigenvalue weighted by molar-refractivity contribution is 0.101. The predicted molar refractivity (Wildman–Crippen MR) is 52.1 cm³/mol. The Labute approximate surface area is 76.7 Å². The summed E-state index contributed by atoms with van der Waals surface area (Å²) < 4.78 is 5.36. The summed E-state index contributed by atoms with van der Waals surface area (Å²) in [7, 11) is 0. The molecule has 1 rings (SSSR count). The Hall–Kier alpha value is -0.670. The topological polar surface area (TPSA) is 33.1 Å². The predicted octanol–water partition coefficient (Wildman–Crippen LogP) is 2.61. The van der Waals surface area contributed by atoms with E-state index in [1.165, 1.54) is 16.0 Å². The number of rotatable bonds is 4. The number of ether oxygens (including phenoxy) is 1. The second-order valence-electron chi connectivity index (χ2n) is 2.70. The van der Waals surface area contributed by atoms with Crippen molar-refractivity contribution in [1.29, 1.82) is 5.41 Å². The van der Waals surface area contributed by atoms with Crippen molar-refractivity contribution < 1.29 is 4.74 Å². The van der Waals surface area contributed by atoms with E-state index in [1.54, 1.807) is 11.3 Å². The minimum Gasteiger partial charge on any atom is -0.367 e. The standard InChI is InChI=1S/C9H13NOS/c1-7(5-10)11-6-9-4-3-8(2)12-9/h3-5,7,10H,6H2,1-2H3. The van der Waals surface area contributed by atoms with Gasteiger partial charge in [-0.3, -0.25) is 0 Å². The van der Waals surface area contributed by atoms with E-state index in [2.05, 4.69) is 19.1 Å². The summed E-state index contributed by atoms with van der Waals surface area (Å²) in [4.78, 5) is 2.53. The van der Waals surface area contributed by atoms with Crippen LogP contribution in [0.25, 0.3) is 0 Å². The summed E-state index contributed by atoms with van der Waals surface area (Å²) in [5, 5.41) is 6.93. The van der Waals surface area contributed by atoms with Crippen LogP contribution in [0.4, 0.5) is 0 Å². The zero-order valence-electron chi connectivity index (χ0n) is 7.33. The first-order chi connectivity index (χ1) is 5.72. The second kappa shape index (κ2) is 4.38. The van der Waals surface area contributed by atoms with Gasteiger partial charge in [0.25, 0.3) is 0 Å². The van der Waals surface area contributed by atoms with Crippen LogP contribution < -0.4 is 0 Å². The molecule has 0 aliphatic heterocycles. The molecule has 12 heavy (non-hydrogen) atoms. The van der Waals surface area contributed by atoms with Gasteiger partial charge in [0.05, 0.1) is 12.7 Å². The molecule has 0 fully saturated rings. The first-order valence-electron chi connectivity index (χ1n) is 3.90. The van der Waals surface area contributed by atoms with Gasteiger partial charge in [-0.25, -0.2) is 0 Å². The summed E-state index contributed by atoms with van der Waals surface area (Å²) in [6, 6.07) is 4.15. The molecule has 66 valence electrons. The van der Waals surface area contributed by atoms with Crippen LogP contribution in [0.3, 0.4) is 0 Å². The Morgan fingerprint density at radius 2 is 2.42 bits per heavy atom. The normalized spacial score (nSPS) is 12.8. The average molecular weight is 183 g/mol. The van der Waals surface area contributed by atoms with Crippen LogP contribution >= 0.6 is 11.3 Å². The highest BCUT2D eigenvalue weighted by Crippen LogP contribution is 2.16. The smallest absolute Gasteiger partial charge is 0.0895 e. The number of nitrogens with one attached hydrogen (secondary N) is 1. The molecule has 0 aromatic carbocycles. The van der Waals surface area contributed by atoms with E-state index < -0.39 is 0 Å². The van der Waals surface area contributed by atoms with E-state index in [1.807, 2.05) is 6.92 Å². The molecule has 2 nitrogen and oxygen atoms in total. The molecule has 3 heteroatoms. The van der Waals surface area contributed by atoms with Crippen LogP contribution in [0.5, 0.6) is 0 Å². The van der Waals surface area contributed by atoms with Gasteiger partial charge in [0.2, 0.25) is 0 Å². The lowest BCUT2D eigenvalue weighted by Gasteiger charge is -2.04. The van der Waals surface area contributed by atoms with E-state index in [-0.39, 0.29) is 6.10 Å². The monoisotopic (exact) mass is 183 g/mol. The Morgan fingerprint density at radius 3 is 2.92 bits per heavy atom. The van der Waals surface area contributed by atoms with Gasteiger partial charge in [0, 0.05) is 16.0 Å². The third kappa shape index (κ3) is 2.75. The largest absolute Gasteiger partial charge is 0.367 e. The Bertz CT molecular complexity index is 257. The van der Waals surface area contributed by atoms with Crippen LogP contribution in [0.1, 0.15) is 16.7 Å². The summed E-state index contributed by atoms with van der Waals surface area (Å²) in [5.41, 5.74) is 0. The SMILES string of the molecule is Cc1ccc(COC(C)C=N)s1. The Balaban J connectivity index is 2.37. The number of thiophene rings is 1. The van der Waals surface area contributed by atoms with Gasteiger partial charge in [-0.1, -0.05) is 0 Å². The fourth-order valence-electron chi connectivity index (χ4n) is 0.824. The Kier molecular flexibility index (Phi) is 3.44. The highest BCUT2D eigenvalue weighted by Gasteiger charge is 1.99. The molecule has 0 amide bonds. The number of aryl methyl sites for hydroxylation is 1. The van der Waals surface area contributed by atoms with Crippen LogP contribution in [0.2, 0.25) is 0 Å². The molecule has 0 saturated carbocycles. The van der Waals surface area contributed by atoms with Gasteiger partial charge in [0.1, 0.15) is 0 Å². The lowest BCUT2D eigenvalue weighted by Crippen LogP contribution is -2.07. The summed E-state index contributed by atoms with van der Waals surface area (Å²) in [5.74, 6) is 0. The first kappa shape index (κ1) is 9.42. The lowest BCUT2D eigenvalue weighted by atomic mass is 10.4. The molecule has 0 saturated heterocycles. The quantitative estimate of drug-likeness (QED) is 0.715. The van der Waals surface area contributed by atoms with E-state index in [0.717, 1.165) is 0 Å². The van der Waals surface area contributed by atoms with E-state index in [4.69, 9.17) is 10.1 Å². The van der Waals surface area contributed by atoms with Crippen molar-refractivity contribution in [3.05, 3.63) is 21.9 Å². The molecule has 1 aromatic heterocycles. The maximum Gasteiger partial charge on any atom is 0.0895 e. The number of hydrogen-bond acceptors (Lipinski definition) is 3. The average Bonchev–Trinajstić information content (AvgIpc) is 2.47. The van der Waals surface area contributed by atoms with Gasteiger partial charge in [0.15, 0.2) is 0 Å². The molecular formula is C9H13NOS. The van der Waals surface area contributed by atoms with Crippen LogP contribution in [0, 0.1) is 12.3 Å². The molecule has 1 atom stereocenters. The van der Waals surface area contributed by atoms with Gasteiger partial charge in [-0.15, -0.1) is 11.3 Å². The van der Waals surface area contributed by atoms with Crippen molar-refractivity contribution in [3.8, 4) is 0 Å². The minimum absolute atomic E-state index is 0.0765. The van der Waals surface area contributed by atoms with Gasteiger partial charge in [-0.05, 0) is 26.0 Å². The fraction of sp³-hybridized carbons (Fsp3) is 0.444. The van der Waals surface area contributed by atoms with Crippen molar-refractivity contribution in [3.63, 3.8) is 0 Å². The molecule has 0 aliphatic carbocycles. The van der Waals surface area contributed by atoms with E-state index >= 15 is 0 Å².